The summed E-state index contributed by atoms with van der Waals surface area (Å²) in [5.41, 5.74) is 3.25. The summed E-state index contributed by atoms with van der Waals surface area (Å²) in [6, 6.07) is 15.8. The van der Waals surface area contributed by atoms with Gasteiger partial charge in [0, 0.05) is 13.1 Å². The molecule has 6 nitrogen and oxygen atoms in total. The monoisotopic (exact) mass is 336 g/mol. The fourth-order valence-electron chi connectivity index (χ4n) is 3.42. The largest absolute Gasteiger partial charge is 0.481 e. The number of aromatic nitrogens is 3. The van der Waals surface area contributed by atoms with Crippen LogP contribution in [0, 0.1) is 5.41 Å². The van der Waals surface area contributed by atoms with Gasteiger partial charge in [0.2, 0.25) is 0 Å². The lowest BCUT2D eigenvalue weighted by atomic mass is 9.69. The van der Waals surface area contributed by atoms with Crippen molar-refractivity contribution in [1.82, 2.24) is 20.3 Å². The van der Waals surface area contributed by atoms with Crippen molar-refractivity contribution in [2.75, 3.05) is 6.54 Å². The summed E-state index contributed by atoms with van der Waals surface area (Å²) in [7, 11) is 0. The Morgan fingerprint density at radius 3 is 2.68 bits per heavy atom. The Bertz CT molecular complexity index is 914. The molecule has 4 rings (SSSR count). The highest BCUT2D eigenvalue weighted by atomic mass is 16.4. The summed E-state index contributed by atoms with van der Waals surface area (Å²) in [5.74, 6) is -0.693. The third-order valence-corrected chi connectivity index (χ3v) is 5.11. The van der Waals surface area contributed by atoms with Crippen molar-refractivity contribution in [1.29, 1.82) is 0 Å². The molecule has 0 aliphatic heterocycles. The molecule has 0 radical (unpaired) electrons. The quantitative estimate of drug-likeness (QED) is 0.723. The second-order valence-electron chi connectivity index (χ2n) is 6.66. The summed E-state index contributed by atoms with van der Waals surface area (Å²) in [5, 5.41) is 21.3. The lowest BCUT2D eigenvalue weighted by molar-refractivity contribution is -0.154. The average molecular weight is 336 g/mol. The minimum Gasteiger partial charge on any atom is -0.481 e. The molecule has 0 atom stereocenters. The van der Waals surface area contributed by atoms with Crippen LogP contribution in [0.5, 0.6) is 0 Å². The Hall–Kier alpha value is -2.73. The number of carboxylic acid groups (broad SMARTS) is 1. The van der Waals surface area contributed by atoms with E-state index in [-0.39, 0.29) is 0 Å². The molecule has 1 aliphatic carbocycles. The van der Waals surface area contributed by atoms with Gasteiger partial charge in [-0.05, 0) is 36.6 Å². The normalized spacial score (nSPS) is 15.8. The highest BCUT2D eigenvalue weighted by molar-refractivity contribution is 5.76. The van der Waals surface area contributed by atoms with Gasteiger partial charge in [0.05, 0.1) is 16.6 Å². The number of fused-ring (bicyclic) bond motifs is 1. The van der Waals surface area contributed by atoms with Gasteiger partial charge in [-0.25, -0.2) is 4.68 Å². The van der Waals surface area contributed by atoms with E-state index in [0.29, 0.717) is 13.1 Å². The molecule has 3 aromatic rings. The van der Waals surface area contributed by atoms with Crippen molar-refractivity contribution in [2.24, 2.45) is 5.41 Å². The maximum absolute atomic E-state index is 11.5. The Morgan fingerprint density at radius 1 is 1.16 bits per heavy atom. The van der Waals surface area contributed by atoms with Crippen LogP contribution in [0.3, 0.4) is 0 Å². The molecule has 1 aliphatic rings. The van der Waals surface area contributed by atoms with Crippen molar-refractivity contribution in [3.05, 3.63) is 54.1 Å². The number of carboxylic acids is 1. The maximum atomic E-state index is 11.5. The van der Waals surface area contributed by atoms with Crippen molar-refractivity contribution in [3.63, 3.8) is 0 Å². The zero-order chi connectivity index (χ0) is 17.3. The lowest BCUT2D eigenvalue weighted by Gasteiger charge is -2.37. The first-order chi connectivity index (χ1) is 12.2. The molecule has 128 valence electrons. The summed E-state index contributed by atoms with van der Waals surface area (Å²) >= 11 is 0. The first-order valence-corrected chi connectivity index (χ1v) is 8.52. The van der Waals surface area contributed by atoms with E-state index in [1.807, 2.05) is 53.2 Å². The van der Waals surface area contributed by atoms with Crippen molar-refractivity contribution < 1.29 is 9.90 Å². The molecule has 2 aromatic carbocycles. The summed E-state index contributed by atoms with van der Waals surface area (Å²) in [4.78, 5) is 11.5. The Labute approximate surface area is 145 Å². The molecular weight excluding hydrogens is 316 g/mol. The smallest absolute Gasteiger partial charge is 0.310 e. The highest BCUT2D eigenvalue weighted by Crippen LogP contribution is 2.40. The number of hydrogen-bond acceptors (Lipinski definition) is 4. The van der Waals surface area contributed by atoms with Gasteiger partial charge in [0.1, 0.15) is 5.52 Å². The molecule has 0 saturated heterocycles. The fraction of sp³-hybridized carbons (Fsp3) is 0.316. The van der Waals surface area contributed by atoms with Gasteiger partial charge in [-0.2, -0.15) is 0 Å². The van der Waals surface area contributed by atoms with Gasteiger partial charge in [-0.1, -0.05) is 42.0 Å². The van der Waals surface area contributed by atoms with Crippen LogP contribution in [0.2, 0.25) is 0 Å². The lowest BCUT2D eigenvalue weighted by Crippen LogP contribution is -2.46. The average Bonchev–Trinajstić information content (AvgIpc) is 3.01. The van der Waals surface area contributed by atoms with Gasteiger partial charge >= 0.3 is 5.97 Å². The number of carbonyl (C=O) groups is 1. The first-order valence-electron chi connectivity index (χ1n) is 8.52. The summed E-state index contributed by atoms with van der Waals surface area (Å²) < 4.78 is 1.84. The van der Waals surface area contributed by atoms with E-state index in [1.165, 1.54) is 0 Å². The number of nitrogens with one attached hydrogen (secondary N) is 1. The molecule has 0 bridgehead atoms. The number of hydrogen-bond donors (Lipinski definition) is 2. The zero-order valence-electron chi connectivity index (χ0n) is 13.9. The number of benzene rings is 2. The second-order valence-corrected chi connectivity index (χ2v) is 6.66. The molecule has 1 aromatic heterocycles. The predicted molar refractivity (Wildman–Crippen MR) is 94.5 cm³/mol. The highest BCUT2D eigenvalue weighted by Gasteiger charge is 2.43. The SMILES string of the molecule is O=C(O)C1(CNCc2ccccc2-n2nnc3ccccc32)CCC1. The Kier molecular flexibility index (Phi) is 3.97. The van der Waals surface area contributed by atoms with E-state index in [9.17, 15) is 9.90 Å². The minimum absolute atomic E-state index is 0.495. The van der Waals surface area contributed by atoms with Gasteiger partial charge in [-0.15, -0.1) is 5.10 Å². The first kappa shape index (κ1) is 15.8. The molecule has 0 amide bonds. The number of nitrogens with zero attached hydrogens (tertiary/aromatic N) is 3. The van der Waals surface area contributed by atoms with Crippen LogP contribution in [-0.4, -0.2) is 32.6 Å². The molecule has 1 heterocycles. The van der Waals surface area contributed by atoms with Crippen molar-refractivity contribution >= 4 is 17.0 Å². The van der Waals surface area contributed by atoms with Crippen LogP contribution >= 0.6 is 0 Å². The van der Waals surface area contributed by atoms with Crippen LogP contribution in [0.25, 0.3) is 16.7 Å². The molecule has 2 N–H and O–H groups in total. The van der Waals surface area contributed by atoms with E-state index < -0.39 is 11.4 Å². The molecule has 0 unspecified atom stereocenters. The summed E-state index contributed by atoms with van der Waals surface area (Å²) in [6.07, 6.45) is 2.50. The maximum Gasteiger partial charge on any atom is 0.310 e. The molecule has 0 spiro atoms. The van der Waals surface area contributed by atoms with Crippen LogP contribution < -0.4 is 5.32 Å². The Morgan fingerprint density at radius 2 is 1.92 bits per heavy atom. The summed E-state index contributed by atoms with van der Waals surface area (Å²) in [6.45, 7) is 1.09. The van der Waals surface area contributed by atoms with Gasteiger partial charge < -0.3 is 10.4 Å². The van der Waals surface area contributed by atoms with Gasteiger partial charge in [0.15, 0.2) is 0 Å². The van der Waals surface area contributed by atoms with Crippen LogP contribution in [0.4, 0.5) is 0 Å². The van der Waals surface area contributed by atoms with Crippen LogP contribution in [-0.2, 0) is 11.3 Å². The molecule has 1 fully saturated rings. The fourth-order valence-corrected chi connectivity index (χ4v) is 3.42. The van der Waals surface area contributed by atoms with Gasteiger partial charge in [0.25, 0.3) is 0 Å². The van der Waals surface area contributed by atoms with E-state index in [0.717, 1.165) is 41.5 Å². The minimum atomic E-state index is -0.693. The zero-order valence-corrected chi connectivity index (χ0v) is 13.9. The number of para-hydroxylation sites is 2. The standard InChI is InChI=1S/C19H20N4O2/c24-18(25)19(10-5-11-19)13-20-12-14-6-1-3-8-16(14)23-17-9-4-2-7-15(17)21-22-23/h1-4,6-9,20H,5,10-13H2,(H,24,25). The predicted octanol–water partition coefficient (Wildman–Crippen LogP) is 2.77. The van der Waals surface area contributed by atoms with E-state index in [1.54, 1.807) is 0 Å². The van der Waals surface area contributed by atoms with E-state index >= 15 is 0 Å². The molecule has 25 heavy (non-hydrogen) atoms. The van der Waals surface area contributed by atoms with Crippen LogP contribution in [0.1, 0.15) is 24.8 Å². The van der Waals surface area contributed by atoms with Crippen LogP contribution in [0.15, 0.2) is 48.5 Å². The van der Waals surface area contributed by atoms with E-state index in [2.05, 4.69) is 15.6 Å². The third-order valence-electron chi connectivity index (χ3n) is 5.11. The van der Waals surface area contributed by atoms with E-state index in [4.69, 9.17) is 0 Å². The second kappa shape index (κ2) is 6.29. The Balaban J connectivity index is 1.56. The molecule has 1 saturated carbocycles. The number of rotatable bonds is 6. The molecular formula is C19H20N4O2. The van der Waals surface area contributed by atoms with Crippen molar-refractivity contribution in [2.45, 2.75) is 25.8 Å². The molecule has 6 heteroatoms. The van der Waals surface area contributed by atoms with Gasteiger partial charge in [-0.3, -0.25) is 4.79 Å². The van der Waals surface area contributed by atoms with Crippen molar-refractivity contribution in [3.8, 4) is 5.69 Å². The topological polar surface area (TPSA) is 80.0 Å². The third kappa shape index (κ3) is 2.78. The number of aliphatic carboxylic acids is 1.